The van der Waals surface area contributed by atoms with Gasteiger partial charge in [0.1, 0.15) is 11.8 Å². The maximum Gasteiger partial charge on any atom is 0.174 e. The average molecular weight is 246 g/mol. The molecule has 0 aliphatic heterocycles. The molecule has 0 heterocycles. The molecule has 1 aromatic rings. The lowest BCUT2D eigenvalue weighted by atomic mass is 10.1. The lowest BCUT2D eigenvalue weighted by Crippen LogP contribution is -2.25. The van der Waals surface area contributed by atoms with Gasteiger partial charge in [0.15, 0.2) is 6.61 Å². The van der Waals surface area contributed by atoms with Gasteiger partial charge in [-0.2, -0.15) is 5.26 Å². The second-order valence-electron chi connectivity index (χ2n) is 4.52. The summed E-state index contributed by atoms with van der Waals surface area (Å²) in [7, 11) is 0. The molecule has 0 spiro atoms. The van der Waals surface area contributed by atoms with Gasteiger partial charge in [0, 0.05) is 12.6 Å². The average Bonchev–Trinajstić information content (AvgIpc) is 2.41. The third kappa shape index (κ3) is 5.70. The number of nitrogens with one attached hydrogen (secondary N) is 1. The Bertz CT molecular complexity index is 384. The van der Waals surface area contributed by atoms with E-state index >= 15 is 0 Å². The van der Waals surface area contributed by atoms with Gasteiger partial charge in [0.2, 0.25) is 0 Å². The van der Waals surface area contributed by atoms with E-state index in [0.29, 0.717) is 6.04 Å². The van der Waals surface area contributed by atoms with E-state index in [0.717, 1.165) is 12.3 Å². The highest BCUT2D eigenvalue weighted by Gasteiger charge is 2.01. The van der Waals surface area contributed by atoms with Crippen molar-refractivity contribution in [3.63, 3.8) is 0 Å². The molecule has 3 nitrogen and oxygen atoms in total. The fourth-order valence-corrected chi connectivity index (χ4v) is 1.77. The Balaban J connectivity index is 2.40. The van der Waals surface area contributed by atoms with Gasteiger partial charge in [0.25, 0.3) is 0 Å². The SMILES string of the molecule is CCCCC(C)NCc1cccc(OCC#N)c1. The molecule has 0 saturated carbocycles. The number of hydrogen-bond acceptors (Lipinski definition) is 3. The summed E-state index contributed by atoms with van der Waals surface area (Å²) in [5.74, 6) is 0.761. The summed E-state index contributed by atoms with van der Waals surface area (Å²) in [6.45, 7) is 5.37. The molecular weight excluding hydrogens is 224 g/mol. The second-order valence-corrected chi connectivity index (χ2v) is 4.52. The summed E-state index contributed by atoms with van der Waals surface area (Å²) in [6, 6.07) is 10.4. The van der Waals surface area contributed by atoms with Gasteiger partial charge in [-0.25, -0.2) is 0 Å². The third-order valence-corrected chi connectivity index (χ3v) is 2.85. The van der Waals surface area contributed by atoms with Gasteiger partial charge in [-0.05, 0) is 31.0 Å². The number of rotatable bonds is 8. The topological polar surface area (TPSA) is 45.0 Å². The number of nitrogens with zero attached hydrogens (tertiary/aromatic N) is 1. The quantitative estimate of drug-likeness (QED) is 0.765. The van der Waals surface area contributed by atoms with Crippen molar-refractivity contribution in [2.24, 2.45) is 0 Å². The molecule has 0 aliphatic carbocycles. The molecule has 1 aromatic carbocycles. The first-order valence-electron chi connectivity index (χ1n) is 6.58. The monoisotopic (exact) mass is 246 g/mol. The van der Waals surface area contributed by atoms with Crippen LogP contribution in [0.5, 0.6) is 5.75 Å². The van der Waals surface area contributed by atoms with Crippen molar-refractivity contribution >= 4 is 0 Å². The van der Waals surface area contributed by atoms with Crippen LogP contribution >= 0.6 is 0 Å². The highest BCUT2D eigenvalue weighted by Crippen LogP contribution is 2.13. The normalized spacial score (nSPS) is 11.8. The smallest absolute Gasteiger partial charge is 0.174 e. The van der Waals surface area contributed by atoms with Gasteiger partial charge in [0.05, 0.1) is 0 Å². The number of ether oxygens (including phenoxy) is 1. The number of nitriles is 1. The molecule has 0 bridgehead atoms. The van der Waals surface area contributed by atoms with Crippen LogP contribution in [0.25, 0.3) is 0 Å². The molecular formula is C15H22N2O. The van der Waals surface area contributed by atoms with Crippen molar-refractivity contribution in [3.05, 3.63) is 29.8 Å². The first-order chi connectivity index (χ1) is 8.76. The van der Waals surface area contributed by atoms with E-state index in [9.17, 15) is 0 Å². The van der Waals surface area contributed by atoms with Crippen molar-refractivity contribution in [1.82, 2.24) is 5.32 Å². The lowest BCUT2D eigenvalue weighted by Gasteiger charge is -2.13. The van der Waals surface area contributed by atoms with Crippen LogP contribution in [0, 0.1) is 11.3 Å². The van der Waals surface area contributed by atoms with E-state index in [1.165, 1.54) is 24.8 Å². The van der Waals surface area contributed by atoms with E-state index in [2.05, 4.69) is 25.2 Å². The molecule has 0 amide bonds. The van der Waals surface area contributed by atoms with Gasteiger partial charge in [-0.3, -0.25) is 0 Å². The third-order valence-electron chi connectivity index (χ3n) is 2.85. The Kier molecular flexibility index (Phi) is 6.90. The Morgan fingerprint density at radius 1 is 1.44 bits per heavy atom. The molecule has 3 heteroatoms. The summed E-state index contributed by atoms with van der Waals surface area (Å²) in [4.78, 5) is 0. The Morgan fingerprint density at radius 3 is 3.00 bits per heavy atom. The zero-order chi connectivity index (χ0) is 13.2. The van der Waals surface area contributed by atoms with Crippen molar-refractivity contribution in [2.75, 3.05) is 6.61 Å². The number of benzene rings is 1. The zero-order valence-electron chi connectivity index (χ0n) is 11.3. The molecule has 1 rings (SSSR count). The standard InChI is InChI=1S/C15H22N2O/c1-3-4-6-13(2)17-12-14-7-5-8-15(11-14)18-10-9-16/h5,7-8,11,13,17H,3-4,6,10,12H2,1-2H3. The minimum atomic E-state index is 0.101. The van der Waals surface area contributed by atoms with Crippen LogP contribution in [0.2, 0.25) is 0 Å². The molecule has 1 atom stereocenters. The number of hydrogen-bond donors (Lipinski definition) is 1. The molecule has 0 aliphatic rings. The van der Waals surface area contributed by atoms with Crippen molar-refractivity contribution in [2.45, 2.75) is 45.7 Å². The van der Waals surface area contributed by atoms with Crippen molar-refractivity contribution < 1.29 is 4.74 Å². The fraction of sp³-hybridized carbons (Fsp3) is 0.533. The van der Waals surface area contributed by atoms with Crippen molar-refractivity contribution in [1.29, 1.82) is 5.26 Å². The van der Waals surface area contributed by atoms with Crippen LogP contribution in [0.15, 0.2) is 24.3 Å². The minimum Gasteiger partial charge on any atom is -0.479 e. The van der Waals surface area contributed by atoms with E-state index < -0.39 is 0 Å². The summed E-state index contributed by atoms with van der Waals surface area (Å²) in [5.41, 5.74) is 1.19. The molecule has 0 aromatic heterocycles. The van der Waals surface area contributed by atoms with E-state index in [1.54, 1.807) is 0 Å². The van der Waals surface area contributed by atoms with Crippen LogP contribution in [-0.2, 0) is 6.54 Å². The minimum absolute atomic E-state index is 0.101. The zero-order valence-corrected chi connectivity index (χ0v) is 11.3. The predicted molar refractivity (Wildman–Crippen MR) is 73.4 cm³/mol. The first kappa shape index (κ1) is 14.5. The van der Waals surface area contributed by atoms with Crippen molar-refractivity contribution in [3.8, 4) is 11.8 Å². The number of unbranched alkanes of at least 4 members (excludes halogenated alkanes) is 1. The molecule has 1 unspecified atom stereocenters. The van der Waals surface area contributed by atoms with Gasteiger partial charge in [-0.15, -0.1) is 0 Å². The van der Waals surface area contributed by atoms with Crippen LogP contribution in [-0.4, -0.2) is 12.6 Å². The second kappa shape index (κ2) is 8.54. The van der Waals surface area contributed by atoms with Crippen LogP contribution < -0.4 is 10.1 Å². The molecule has 98 valence electrons. The Hall–Kier alpha value is -1.53. The van der Waals surface area contributed by atoms with Crippen LogP contribution in [0.1, 0.15) is 38.7 Å². The van der Waals surface area contributed by atoms with Crippen LogP contribution in [0.3, 0.4) is 0 Å². The molecule has 0 radical (unpaired) electrons. The summed E-state index contributed by atoms with van der Waals surface area (Å²) in [6.07, 6.45) is 3.71. The van der Waals surface area contributed by atoms with Gasteiger partial charge < -0.3 is 10.1 Å². The highest BCUT2D eigenvalue weighted by atomic mass is 16.5. The largest absolute Gasteiger partial charge is 0.479 e. The Morgan fingerprint density at radius 2 is 2.28 bits per heavy atom. The molecule has 0 saturated heterocycles. The highest BCUT2D eigenvalue weighted by molar-refractivity contribution is 5.28. The predicted octanol–water partition coefficient (Wildman–Crippen LogP) is 3.26. The van der Waals surface area contributed by atoms with Gasteiger partial charge in [-0.1, -0.05) is 31.9 Å². The molecule has 18 heavy (non-hydrogen) atoms. The lowest BCUT2D eigenvalue weighted by molar-refractivity contribution is 0.367. The molecule has 0 fully saturated rings. The summed E-state index contributed by atoms with van der Waals surface area (Å²) in [5, 5.41) is 12.0. The first-order valence-corrected chi connectivity index (χ1v) is 6.58. The van der Waals surface area contributed by atoms with Gasteiger partial charge >= 0.3 is 0 Å². The van der Waals surface area contributed by atoms with E-state index in [1.807, 2.05) is 24.3 Å². The van der Waals surface area contributed by atoms with E-state index in [4.69, 9.17) is 10.00 Å². The van der Waals surface area contributed by atoms with Crippen LogP contribution in [0.4, 0.5) is 0 Å². The fourth-order valence-electron chi connectivity index (χ4n) is 1.77. The summed E-state index contributed by atoms with van der Waals surface area (Å²) >= 11 is 0. The van der Waals surface area contributed by atoms with E-state index in [-0.39, 0.29) is 6.61 Å². The maximum absolute atomic E-state index is 8.47. The molecule has 1 N–H and O–H groups in total. The Labute approximate surface area is 110 Å². The maximum atomic E-state index is 8.47. The summed E-state index contributed by atoms with van der Waals surface area (Å²) < 4.78 is 5.28.